The van der Waals surface area contributed by atoms with Crippen molar-refractivity contribution in [3.8, 4) is 0 Å². The van der Waals surface area contributed by atoms with E-state index in [-0.39, 0.29) is 12.0 Å². The number of imidazole rings is 1. The monoisotopic (exact) mass is 449 g/mol. The molecule has 0 saturated carbocycles. The van der Waals surface area contributed by atoms with E-state index in [1.807, 2.05) is 45.3 Å². The zero-order valence-corrected chi connectivity index (χ0v) is 18.1. The first kappa shape index (κ1) is 20.4. The number of rotatable bonds is 7. The van der Waals surface area contributed by atoms with Crippen LogP contribution in [0.3, 0.4) is 0 Å². The fourth-order valence-electron chi connectivity index (χ4n) is 3.45. The topological polar surface area (TPSA) is 47.4 Å². The number of thiophene rings is 1. The van der Waals surface area contributed by atoms with Gasteiger partial charge in [0.25, 0.3) is 5.91 Å². The summed E-state index contributed by atoms with van der Waals surface area (Å²) in [6.45, 7) is 2.29. The molecule has 3 aromatic rings. The average molecular weight is 450 g/mol. The van der Waals surface area contributed by atoms with Crippen LogP contribution in [0.1, 0.15) is 33.9 Å². The van der Waals surface area contributed by atoms with E-state index in [4.69, 9.17) is 27.9 Å². The Kier molecular flexibility index (Phi) is 6.55. The Labute approximate surface area is 183 Å². The SMILES string of the molecule is O=C(c1cccs1)N(Cc1nccn1Cc1ccc(Cl)cc1Cl)CC1CCCO1. The Morgan fingerprint density at radius 1 is 1.34 bits per heavy atom. The molecule has 4 rings (SSSR count). The Hall–Kier alpha value is -1.86. The second-order valence-corrected chi connectivity index (χ2v) is 8.80. The van der Waals surface area contributed by atoms with Crippen molar-refractivity contribution in [1.82, 2.24) is 14.5 Å². The van der Waals surface area contributed by atoms with Crippen molar-refractivity contribution >= 4 is 40.4 Å². The van der Waals surface area contributed by atoms with Gasteiger partial charge in [0.2, 0.25) is 0 Å². The van der Waals surface area contributed by atoms with Gasteiger partial charge >= 0.3 is 0 Å². The highest BCUT2D eigenvalue weighted by Gasteiger charge is 2.25. The summed E-state index contributed by atoms with van der Waals surface area (Å²) < 4.78 is 7.79. The zero-order chi connectivity index (χ0) is 20.2. The Balaban J connectivity index is 1.54. The Bertz CT molecular complexity index is 968. The molecule has 1 amide bonds. The molecule has 0 aliphatic carbocycles. The first-order chi connectivity index (χ1) is 14.1. The van der Waals surface area contributed by atoms with Crippen LogP contribution in [0.2, 0.25) is 10.0 Å². The molecule has 0 bridgehead atoms. The van der Waals surface area contributed by atoms with Gasteiger partial charge in [-0.3, -0.25) is 4.79 Å². The van der Waals surface area contributed by atoms with E-state index in [9.17, 15) is 4.79 Å². The predicted molar refractivity (Wildman–Crippen MR) is 116 cm³/mol. The second-order valence-electron chi connectivity index (χ2n) is 7.01. The molecule has 0 radical (unpaired) electrons. The molecule has 1 fully saturated rings. The molecule has 0 N–H and O–H groups in total. The van der Waals surface area contributed by atoms with Crippen LogP contribution in [0.15, 0.2) is 48.1 Å². The van der Waals surface area contributed by atoms with E-state index in [1.54, 1.807) is 12.3 Å². The van der Waals surface area contributed by atoms with Crippen molar-refractivity contribution in [3.05, 3.63) is 74.4 Å². The predicted octanol–water partition coefficient (Wildman–Crippen LogP) is 5.12. The third-order valence-electron chi connectivity index (χ3n) is 4.96. The highest BCUT2D eigenvalue weighted by Crippen LogP contribution is 2.23. The van der Waals surface area contributed by atoms with E-state index in [2.05, 4.69) is 4.98 Å². The van der Waals surface area contributed by atoms with Crippen molar-refractivity contribution in [3.63, 3.8) is 0 Å². The van der Waals surface area contributed by atoms with Crippen LogP contribution in [0, 0.1) is 0 Å². The van der Waals surface area contributed by atoms with Crippen molar-refractivity contribution in [2.24, 2.45) is 0 Å². The van der Waals surface area contributed by atoms with Gasteiger partial charge in [0.15, 0.2) is 0 Å². The standard InChI is InChI=1S/C21H21Cl2N3O2S/c22-16-6-5-15(18(23)11-16)12-25-8-7-24-20(25)14-26(13-17-3-1-9-28-17)21(27)19-4-2-10-29-19/h2,4-8,10-11,17H,1,3,9,12-14H2. The maximum Gasteiger partial charge on any atom is 0.264 e. The quantitative estimate of drug-likeness (QED) is 0.502. The number of nitrogens with zero attached hydrogens (tertiary/aromatic N) is 3. The fraction of sp³-hybridized carbons (Fsp3) is 0.333. The van der Waals surface area contributed by atoms with E-state index in [0.717, 1.165) is 35.7 Å². The van der Waals surface area contributed by atoms with Crippen LogP contribution < -0.4 is 0 Å². The summed E-state index contributed by atoms with van der Waals surface area (Å²) in [5.41, 5.74) is 0.950. The van der Waals surface area contributed by atoms with Gasteiger partial charge < -0.3 is 14.2 Å². The lowest BCUT2D eigenvalue weighted by Gasteiger charge is -2.25. The number of carbonyl (C=O) groups is 1. The molecule has 1 saturated heterocycles. The van der Waals surface area contributed by atoms with E-state index in [1.165, 1.54) is 11.3 Å². The first-order valence-corrected chi connectivity index (χ1v) is 11.1. The van der Waals surface area contributed by atoms with Crippen LogP contribution in [-0.4, -0.2) is 39.6 Å². The van der Waals surface area contributed by atoms with Crippen LogP contribution in [0.25, 0.3) is 0 Å². The maximum atomic E-state index is 13.1. The third-order valence-corrected chi connectivity index (χ3v) is 6.40. The second kappa shape index (κ2) is 9.30. The smallest absolute Gasteiger partial charge is 0.264 e. The number of aromatic nitrogens is 2. The number of benzene rings is 1. The molecule has 0 spiro atoms. The molecule has 3 heterocycles. The highest BCUT2D eigenvalue weighted by molar-refractivity contribution is 7.12. The zero-order valence-electron chi connectivity index (χ0n) is 15.8. The van der Waals surface area contributed by atoms with Crippen LogP contribution >= 0.6 is 34.5 Å². The fourth-order valence-corrected chi connectivity index (χ4v) is 4.61. The van der Waals surface area contributed by atoms with Crippen LogP contribution in [0.5, 0.6) is 0 Å². The number of amides is 1. The summed E-state index contributed by atoms with van der Waals surface area (Å²) in [5, 5.41) is 3.14. The van der Waals surface area contributed by atoms with Crippen molar-refractivity contribution in [1.29, 1.82) is 0 Å². The molecular weight excluding hydrogens is 429 g/mol. The first-order valence-electron chi connectivity index (χ1n) is 9.48. The summed E-state index contributed by atoms with van der Waals surface area (Å²) in [6.07, 6.45) is 5.74. The molecule has 2 aromatic heterocycles. The summed E-state index contributed by atoms with van der Waals surface area (Å²) in [4.78, 5) is 20.2. The number of halogens is 2. The van der Waals surface area contributed by atoms with E-state index >= 15 is 0 Å². The van der Waals surface area contributed by atoms with E-state index in [0.29, 0.717) is 29.7 Å². The lowest BCUT2D eigenvalue weighted by Crippen LogP contribution is -2.37. The normalized spacial score (nSPS) is 16.3. The molecule has 152 valence electrons. The van der Waals surface area contributed by atoms with Gasteiger partial charge in [-0.1, -0.05) is 35.3 Å². The summed E-state index contributed by atoms with van der Waals surface area (Å²) in [7, 11) is 0. The summed E-state index contributed by atoms with van der Waals surface area (Å²) in [5.74, 6) is 0.813. The van der Waals surface area contributed by atoms with Gasteiger partial charge in [-0.15, -0.1) is 11.3 Å². The molecule has 1 aliphatic rings. The van der Waals surface area contributed by atoms with Crippen molar-refractivity contribution in [2.45, 2.75) is 32.0 Å². The highest BCUT2D eigenvalue weighted by atomic mass is 35.5. The largest absolute Gasteiger partial charge is 0.376 e. The van der Waals surface area contributed by atoms with Crippen molar-refractivity contribution in [2.75, 3.05) is 13.2 Å². The lowest BCUT2D eigenvalue weighted by atomic mass is 10.2. The molecule has 1 unspecified atom stereocenters. The minimum absolute atomic E-state index is 0.00887. The minimum Gasteiger partial charge on any atom is -0.376 e. The van der Waals surface area contributed by atoms with Gasteiger partial charge in [-0.2, -0.15) is 0 Å². The number of hydrogen-bond donors (Lipinski definition) is 0. The van der Waals surface area contributed by atoms with Gasteiger partial charge in [0.1, 0.15) is 5.82 Å². The van der Waals surface area contributed by atoms with Gasteiger partial charge in [0, 0.05) is 35.6 Å². The molecule has 5 nitrogen and oxygen atoms in total. The summed E-state index contributed by atoms with van der Waals surface area (Å²) >= 11 is 13.8. The molecular formula is C21H21Cl2N3O2S. The molecule has 8 heteroatoms. The molecule has 29 heavy (non-hydrogen) atoms. The lowest BCUT2D eigenvalue weighted by molar-refractivity contribution is 0.0502. The number of hydrogen-bond acceptors (Lipinski definition) is 4. The minimum atomic E-state index is 0.00887. The Morgan fingerprint density at radius 3 is 2.97 bits per heavy atom. The third kappa shape index (κ3) is 5.01. The van der Waals surface area contributed by atoms with Gasteiger partial charge in [-0.05, 0) is 42.0 Å². The Morgan fingerprint density at radius 2 is 2.24 bits per heavy atom. The van der Waals surface area contributed by atoms with Crippen molar-refractivity contribution < 1.29 is 9.53 Å². The molecule has 1 atom stereocenters. The van der Waals surface area contributed by atoms with Gasteiger partial charge in [-0.25, -0.2) is 4.98 Å². The van der Waals surface area contributed by atoms with Crippen LogP contribution in [0.4, 0.5) is 0 Å². The molecule has 1 aliphatic heterocycles. The number of ether oxygens (including phenoxy) is 1. The summed E-state index contributed by atoms with van der Waals surface area (Å²) in [6, 6.07) is 9.22. The molecule has 1 aromatic carbocycles. The van der Waals surface area contributed by atoms with Crippen LogP contribution in [-0.2, 0) is 17.8 Å². The number of carbonyl (C=O) groups excluding carboxylic acids is 1. The maximum absolute atomic E-state index is 13.1. The van der Waals surface area contributed by atoms with Gasteiger partial charge in [0.05, 0.1) is 24.1 Å². The van der Waals surface area contributed by atoms with E-state index < -0.39 is 0 Å². The average Bonchev–Trinajstić information content (AvgIpc) is 3.46.